The first-order valence-corrected chi connectivity index (χ1v) is 5.56. The number of carbonyl (C=O) groups excluding carboxylic acids is 1. The summed E-state index contributed by atoms with van der Waals surface area (Å²) in [5.74, 6) is 0.456. The Hall–Kier alpha value is -1.15. The second-order valence-electron chi connectivity index (χ2n) is 4.14. The summed E-state index contributed by atoms with van der Waals surface area (Å²) in [4.78, 5) is 11.9. The van der Waals surface area contributed by atoms with E-state index in [4.69, 9.17) is 5.11 Å². The van der Waals surface area contributed by atoms with E-state index in [1.807, 2.05) is 24.3 Å². The molecule has 1 unspecified atom stereocenters. The molecule has 1 aromatic carbocycles. The third-order valence-corrected chi connectivity index (χ3v) is 3.08. The summed E-state index contributed by atoms with van der Waals surface area (Å²) >= 11 is 0. The van der Waals surface area contributed by atoms with Crippen molar-refractivity contribution < 1.29 is 9.90 Å². The van der Waals surface area contributed by atoms with Gasteiger partial charge in [-0.25, -0.2) is 0 Å². The molecule has 0 saturated heterocycles. The lowest BCUT2D eigenvalue weighted by Gasteiger charge is -2.05. The molecule has 1 aromatic rings. The number of ketones is 1. The Labute approximate surface area is 89.9 Å². The van der Waals surface area contributed by atoms with Gasteiger partial charge in [0.2, 0.25) is 0 Å². The van der Waals surface area contributed by atoms with Gasteiger partial charge in [0.15, 0.2) is 5.78 Å². The van der Waals surface area contributed by atoms with Gasteiger partial charge in [0, 0.05) is 18.1 Å². The number of rotatable bonds is 4. The van der Waals surface area contributed by atoms with E-state index in [0.717, 1.165) is 31.2 Å². The van der Waals surface area contributed by atoms with Crippen LogP contribution in [0.15, 0.2) is 24.3 Å². The van der Waals surface area contributed by atoms with E-state index in [0.29, 0.717) is 5.78 Å². The third kappa shape index (κ3) is 2.10. The molecule has 0 saturated carbocycles. The fourth-order valence-electron chi connectivity index (χ4n) is 2.25. The van der Waals surface area contributed by atoms with Crippen LogP contribution in [0.25, 0.3) is 0 Å². The maximum absolute atomic E-state index is 11.9. The number of fused-ring (bicyclic) bond motifs is 1. The van der Waals surface area contributed by atoms with E-state index in [1.165, 1.54) is 5.56 Å². The van der Waals surface area contributed by atoms with E-state index in [9.17, 15) is 4.79 Å². The molecule has 2 rings (SSSR count). The molecular formula is C13H16O2. The van der Waals surface area contributed by atoms with Gasteiger partial charge < -0.3 is 5.11 Å². The number of hydrogen-bond donors (Lipinski definition) is 1. The fourth-order valence-corrected chi connectivity index (χ4v) is 2.25. The highest BCUT2D eigenvalue weighted by Gasteiger charge is 2.29. The quantitative estimate of drug-likeness (QED) is 0.763. The number of aliphatic hydroxyl groups excluding tert-OH is 1. The van der Waals surface area contributed by atoms with Crippen LogP contribution < -0.4 is 0 Å². The molecule has 0 heterocycles. The molecular weight excluding hydrogens is 188 g/mol. The Morgan fingerprint density at radius 2 is 2.07 bits per heavy atom. The fraction of sp³-hybridized carbons (Fsp3) is 0.462. The number of aliphatic hydroxyl groups is 1. The van der Waals surface area contributed by atoms with Crippen molar-refractivity contribution in [3.05, 3.63) is 35.4 Å². The number of unbranched alkanes of at least 4 members (excludes halogenated alkanes) is 1. The van der Waals surface area contributed by atoms with Crippen LogP contribution in [-0.4, -0.2) is 17.5 Å². The van der Waals surface area contributed by atoms with Crippen LogP contribution in [0.1, 0.15) is 35.2 Å². The topological polar surface area (TPSA) is 37.3 Å². The van der Waals surface area contributed by atoms with Crippen LogP contribution >= 0.6 is 0 Å². The van der Waals surface area contributed by atoms with Crippen LogP contribution in [0.2, 0.25) is 0 Å². The summed E-state index contributed by atoms with van der Waals surface area (Å²) in [6.45, 7) is 0.230. The minimum Gasteiger partial charge on any atom is -0.396 e. The summed E-state index contributed by atoms with van der Waals surface area (Å²) in [6, 6.07) is 7.87. The molecule has 1 atom stereocenters. The van der Waals surface area contributed by atoms with Gasteiger partial charge in [-0.2, -0.15) is 0 Å². The second kappa shape index (κ2) is 4.58. The van der Waals surface area contributed by atoms with Gasteiger partial charge in [-0.05, 0) is 24.8 Å². The van der Waals surface area contributed by atoms with E-state index in [2.05, 4.69) is 0 Å². The summed E-state index contributed by atoms with van der Waals surface area (Å²) in [6.07, 6.45) is 3.55. The Bertz CT molecular complexity index is 357. The van der Waals surface area contributed by atoms with E-state index in [1.54, 1.807) is 0 Å². The smallest absolute Gasteiger partial charge is 0.166 e. The highest BCUT2D eigenvalue weighted by atomic mass is 16.2. The molecule has 0 aliphatic heterocycles. The van der Waals surface area contributed by atoms with Gasteiger partial charge in [-0.1, -0.05) is 30.7 Å². The monoisotopic (exact) mass is 204 g/mol. The molecule has 0 spiro atoms. The second-order valence-corrected chi connectivity index (χ2v) is 4.14. The standard InChI is InChI=1S/C13H16O2/c14-8-4-3-6-11-9-10-5-1-2-7-12(10)13(11)15/h1-2,5,7,11,14H,3-4,6,8-9H2. The zero-order valence-corrected chi connectivity index (χ0v) is 8.78. The average molecular weight is 204 g/mol. The summed E-state index contributed by atoms with van der Waals surface area (Å²) in [7, 11) is 0. The molecule has 80 valence electrons. The van der Waals surface area contributed by atoms with Crippen LogP contribution in [0.4, 0.5) is 0 Å². The first-order valence-electron chi connectivity index (χ1n) is 5.56. The molecule has 0 aromatic heterocycles. The molecule has 0 fully saturated rings. The van der Waals surface area contributed by atoms with Crippen molar-refractivity contribution in [2.24, 2.45) is 5.92 Å². The van der Waals surface area contributed by atoms with Crippen molar-refractivity contribution in [2.45, 2.75) is 25.7 Å². The molecule has 0 radical (unpaired) electrons. The summed E-state index contributed by atoms with van der Waals surface area (Å²) < 4.78 is 0. The largest absolute Gasteiger partial charge is 0.396 e. The molecule has 0 bridgehead atoms. The summed E-state index contributed by atoms with van der Waals surface area (Å²) in [5.41, 5.74) is 2.10. The normalized spacial score (nSPS) is 19.3. The minimum atomic E-state index is 0.161. The summed E-state index contributed by atoms with van der Waals surface area (Å²) in [5, 5.41) is 8.69. The van der Waals surface area contributed by atoms with E-state index >= 15 is 0 Å². The van der Waals surface area contributed by atoms with Crippen LogP contribution in [-0.2, 0) is 6.42 Å². The Morgan fingerprint density at radius 1 is 1.27 bits per heavy atom. The van der Waals surface area contributed by atoms with Crippen molar-refractivity contribution in [3.63, 3.8) is 0 Å². The van der Waals surface area contributed by atoms with Crippen LogP contribution in [0, 0.1) is 5.92 Å². The lowest BCUT2D eigenvalue weighted by atomic mass is 9.98. The average Bonchev–Trinajstić information content (AvgIpc) is 2.57. The molecule has 15 heavy (non-hydrogen) atoms. The molecule has 2 heteroatoms. The van der Waals surface area contributed by atoms with Crippen LogP contribution in [0.5, 0.6) is 0 Å². The zero-order valence-electron chi connectivity index (χ0n) is 8.78. The lowest BCUT2D eigenvalue weighted by molar-refractivity contribution is 0.0927. The molecule has 1 aliphatic carbocycles. The molecule has 0 amide bonds. The van der Waals surface area contributed by atoms with Gasteiger partial charge in [-0.3, -0.25) is 4.79 Å². The van der Waals surface area contributed by atoms with Gasteiger partial charge in [0.1, 0.15) is 0 Å². The molecule has 1 aliphatic rings. The van der Waals surface area contributed by atoms with Crippen molar-refractivity contribution in [2.75, 3.05) is 6.61 Å². The number of Topliss-reactive ketones (excluding diaryl/α,β-unsaturated/α-hetero) is 1. The third-order valence-electron chi connectivity index (χ3n) is 3.08. The van der Waals surface area contributed by atoms with Crippen LogP contribution in [0.3, 0.4) is 0 Å². The van der Waals surface area contributed by atoms with E-state index < -0.39 is 0 Å². The van der Waals surface area contributed by atoms with E-state index in [-0.39, 0.29) is 12.5 Å². The Balaban J connectivity index is 2.01. The number of carbonyl (C=O) groups is 1. The van der Waals surface area contributed by atoms with Crippen molar-refractivity contribution in [3.8, 4) is 0 Å². The predicted octanol–water partition coefficient (Wildman–Crippen LogP) is 2.20. The Kier molecular flexibility index (Phi) is 3.17. The molecule has 1 N–H and O–H groups in total. The Morgan fingerprint density at radius 3 is 2.80 bits per heavy atom. The van der Waals surface area contributed by atoms with Crippen molar-refractivity contribution in [1.82, 2.24) is 0 Å². The first-order chi connectivity index (χ1) is 7.33. The maximum atomic E-state index is 11.9. The SMILES string of the molecule is O=C1c2ccccc2CC1CCCCO. The highest BCUT2D eigenvalue weighted by molar-refractivity contribution is 6.02. The predicted molar refractivity (Wildman–Crippen MR) is 58.9 cm³/mol. The lowest BCUT2D eigenvalue weighted by Crippen LogP contribution is -2.08. The highest BCUT2D eigenvalue weighted by Crippen LogP contribution is 2.29. The zero-order chi connectivity index (χ0) is 10.7. The first kappa shape index (κ1) is 10.4. The number of benzene rings is 1. The van der Waals surface area contributed by atoms with Gasteiger partial charge in [0.05, 0.1) is 0 Å². The van der Waals surface area contributed by atoms with Gasteiger partial charge in [-0.15, -0.1) is 0 Å². The number of hydrogen-bond acceptors (Lipinski definition) is 2. The maximum Gasteiger partial charge on any atom is 0.166 e. The van der Waals surface area contributed by atoms with Gasteiger partial charge >= 0.3 is 0 Å². The molecule has 2 nitrogen and oxygen atoms in total. The van der Waals surface area contributed by atoms with Crippen molar-refractivity contribution >= 4 is 5.78 Å². The minimum absolute atomic E-state index is 0.161. The van der Waals surface area contributed by atoms with Gasteiger partial charge in [0.25, 0.3) is 0 Å². The van der Waals surface area contributed by atoms with Crippen molar-refractivity contribution in [1.29, 1.82) is 0 Å².